The molecular weight excluding hydrogens is 353 g/mol. The zero-order chi connectivity index (χ0) is 19.6. The largest absolute Gasteiger partial charge is 0.478 e. The molecule has 2 rings (SSSR count). The maximum absolute atomic E-state index is 12.6. The number of alkyl halides is 3. The van der Waals surface area contributed by atoms with Crippen molar-refractivity contribution in [3.05, 3.63) is 56.9 Å². The van der Waals surface area contributed by atoms with Crippen molar-refractivity contribution >= 4 is 11.5 Å². The number of Topliss-reactive ketones (excluding diaryl/α,β-unsaturated/α-hetero) is 1. The number of nitro benzene ring substituents is 1. The van der Waals surface area contributed by atoms with Crippen molar-refractivity contribution in [2.45, 2.75) is 33.5 Å². The number of benzene rings is 1. The number of aryl methyl sites for hydroxylation is 2. The highest BCUT2D eigenvalue weighted by Crippen LogP contribution is 2.28. The molecule has 2 aromatic rings. The first-order chi connectivity index (χ1) is 12.0. The van der Waals surface area contributed by atoms with E-state index in [1.165, 1.54) is 32.0 Å². The van der Waals surface area contributed by atoms with Gasteiger partial charge < -0.3 is 9.30 Å². The summed E-state index contributed by atoms with van der Waals surface area (Å²) >= 11 is 0. The number of nitro groups is 1. The van der Waals surface area contributed by atoms with Gasteiger partial charge in [0.1, 0.15) is 6.54 Å². The molecule has 6 nitrogen and oxygen atoms in total. The van der Waals surface area contributed by atoms with Crippen molar-refractivity contribution in [2.75, 3.05) is 6.61 Å². The molecule has 0 aliphatic carbocycles. The summed E-state index contributed by atoms with van der Waals surface area (Å²) < 4.78 is 44.2. The molecule has 0 aliphatic rings. The lowest BCUT2D eigenvalue weighted by molar-refractivity contribution is -0.385. The summed E-state index contributed by atoms with van der Waals surface area (Å²) in [6.07, 6.45) is -4.41. The first-order valence-corrected chi connectivity index (χ1v) is 7.64. The average molecular weight is 370 g/mol. The van der Waals surface area contributed by atoms with Gasteiger partial charge in [0.15, 0.2) is 12.4 Å². The molecule has 9 heteroatoms. The Morgan fingerprint density at radius 3 is 2.46 bits per heavy atom. The van der Waals surface area contributed by atoms with Gasteiger partial charge >= 0.3 is 11.9 Å². The van der Waals surface area contributed by atoms with Crippen molar-refractivity contribution in [1.29, 1.82) is 0 Å². The topological polar surface area (TPSA) is 74.4 Å². The quantitative estimate of drug-likeness (QED) is 0.435. The number of nitrogens with zero attached hydrogens (tertiary/aromatic N) is 2. The molecule has 0 saturated heterocycles. The number of carbonyl (C=O) groups excluding carboxylic acids is 1. The van der Waals surface area contributed by atoms with Crippen LogP contribution in [-0.2, 0) is 6.54 Å². The fourth-order valence-corrected chi connectivity index (χ4v) is 2.62. The zero-order valence-electron chi connectivity index (χ0n) is 14.4. The summed E-state index contributed by atoms with van der Waals surface area (Å²) in [5, 5.41) is 11.1. The van der Waals surface area contributed by atoms with Crippen LogP contribution in [-0.4, -0.2) is 28.1 Å². The summed E-state index contributed by atoms with van der Waals surface area (Å²) in [6, 6.07) is 5.65. The number of hydrogen-bond donors (Lipinski definition) is 0. The van der Waals surface area contributed by atoms with Gasteiger partial charge in [-0.2, -0.15) is 13.2 Å². The summed E-state index contributed by atoms with van der Waals surface area (Å²) in [4.78, 5) is 22.8. The van der Waals surface area contributed by atoms with Gasteiger partial charge in [-0.3, -0.25) is 14.9 Å². The SMILES string of the molecule is Cc1ccc(OCC(=O)c2cc(C)n(CC(F)(F)F)c2C)c([N+](=O)[O-])c1. The van der Waals surface area contributed by atoms with Crippen molar-refractivity contribution in [3.8, 4) is 5.75 Å². The fraction of sp³-hybridized carbons (Fsp3) is 0.353. The maximum atomic E-state index is 12.6. The lowest BCUT2D eigenvalue weighted by Gasteiger charge is -2.12. The van der Waals surface area contributed by atoms with E-state index in [-0.39, 0.29) is 22.7 Å². The van der Waals surface area contributed by atoms with Crippen LogP contribution in [0.5, 0.6) is 5.75 Å². The molecule has 0 bridgehead atoms. The van der Waals surface area contributed by atoms with Crippen LogP contribution in [0.25, 0.3) is 0 Å². The summed E-state index contributed by atoms with van der Waals surface area (Å²) in [7, 11) is 0. The van der Waals surface area contributed by atoms with Crippen LogP contribution in [0.2, 0.25) is 0 Å². The van der Waals surface area contributed by atoms with Gasteiger partial charge in [-0.05, 0) is 38.5 Å². The van der Waals surface area contributed by atoms with Crippen molar-refractivity contribution in [3.63, 3.8) is 0 Å². The third-order valence-electron chi connectivity index (χ3n) is 3.88. The van der Waals surface area contributed by atoms with E-state index in [0.29, 0.717) is 11.3 Å². The van der Waals surface area contributed by atoms with Gasteiger partial charge in [-0.25, -0.2) is 0 Å². The molecule has 0 spiro atoms. The normalized spacial score (nSPS) is 11.5. The Morgan fingerprint density at radius 2 is 1.88 bits per heavy atom. The van der Waals surface area contributed by atoms with Gasteiger partial charge in [0.05, 0.1) is 4.92 Å². The average Bonchev–Trinajstić information content (AvgIpc) is 2.80. The van der Waals surface area contributed by atoms with Crippen LogP contribution in [0.4, 0.5) is 18.9 Å². The Labute approximate surface area is 147 Å². The fourth-order valence-electron chi connectivity index (χ4n) is 2.62. The number of rotatable bonds is 6. The van der Waals surface area contributed by atoms with Gasteiger partial charge in [0.2, 0.25) is 5.78 Å². The summed E-state index contributed by atoms with van der Waals surface area (Å²) in [5.41, 5.74) is 0.948. The molecule has 0 fully saturated rings. The lowest BCUT2D eigenvalue weighted by Crippen LogP contribution is -2.20. The Balaban J connectivity index is 2.19. The minimum Gasteiger partial charge on any atom is -0.478 e. The predicted molar refractivity (Wildman–Crippen MR) is 87.6 cm³/mol. The van der Waals surface area contributed by atoms with Gasteiger partial charge in [0, 0.05) is 23.0 Å². The molecule has 1 aromatic carbocycles. The standard InChI is InChI=1S/C17H17F3N2O4/c1-10-4-5-16(14(6-10)22(24)25)26-8-15(23)13-7-11(2)21(12(13)3)9-17(18,19)20/h4-7H,8-9H2,1-3H3. The van der Waals surface area contributed by atoms with E-state index in [4.69, 9.17) is 4.74 Å². The van der Waals surface area contributed by atoms with E-state index in [1.807, 2.05) is 0 Å². The highest BCUT2D eigenvalue weighted by molar-refractivity contribution is 5.98. The van der Waals surface area contributed by atoms with Crippen LogP contribution < -0.4 is 4.74 Å². The van der Waals surface area contributed by atoms with E-state index < -0.39 is 30.0 Å². The van der Waals surface area contributed by atoms with Crippen molar-refractivity contribution < 1.29 is 27.6 Å². The monoisotopic (exact) mass is 370 g/mol. The molecule has 26 heavy (non-hydrogen) atoms. The van der Waals surface area contributed by atoms with E-state index >= 15 is 0 Å². The number of aromatic nitrogens is 1. The minimum atomic E-state index is -4.41. The van der Waals surface area contributed by atoms with Crippen molar-refractivity contribution in [2.24, 2.45) is 0 Å². The van der Waals surface area contributed by atoms with Gasteiger partial charge in [0.25, 0.3) is 0 Å². The molecule has 1 aromatic heterocycles. The third kappa shape index (κ3) is 4.41. The summed E-state index contributed by atoms with van der Waals surface area (Å²) in [6.45, 7) is 2.86. The van der Waals surface area contributed by atoms with Crippen LogP contribution in [0, 0.1) is 30.9 Å². The first-order valence-electron chi connectivity index (χ1n) is 7.64. The number of carbonyl (C=O) groups is 1. The Morgan fingerprint density at radius 1 is 1.23 bits per heavy atom. The lowest BCUT2D eigenvalue weighted by atomic mass is 10.1. The molecule has 0 atom stereocenters. The first kappa shape index (κ1) is 19.5. The van der Waals surface area contributed by atoms with Crippen LogP contribution in [0.3, 0.4) is 0 Å². The highest BCUT2D eigenvalue weighted by atomic mass is 19.4. The van der Waals surface area contributed by atoms with E-state index in [9.17, 15) is 28.1 Å². The van der Waals surface area contributed by atoms with E-state index in [2.05, 4.69) is 0 Å². The molecule has 0 amide bonds. The molecule has 0 saturated carbocycles. The number of hydrogen-bond acceptors (Lipinski definition) is 4. The highest BCUT2D eigenvalue weighted by Gasteiger charge is 2.30. The molecule has 0 aliphatic heterocycles. The Hall–Kier alpha value is -2.84. The predicted octanol–water partition coefficient (Wildman–Crippen LogP) is 4.15. The zero-order valence-corrected chi connectivity index (χ0v) is 14.4. The van der Waals surface area contributed by atoms with Crippen LogP contribution in [0.15, 0.2) is 24.3 Å². The number of ether oxygens (including phenoxy) is 1. The minimum absolute atomic E-state index is 0.0713. The van der Waals surface area contributed by atoms with E-state index in [1.54, 1.807) is 13.0 Å². The van der Waals surface area contributed by atoms with Crippen LogP contribution in [0.1, 0.15) is 27.3 Å². The third-order valence-corrected chi connectivity index (χ3v) is 3.88. The molecular formula is C17H17F3N2O4. The van der Waals surface area contributed by atoms with Gasteiger partial charge in [-0.1, -0.05) is 6.07 Å². The smallest absolute Gasteiger partial charge is 0.406 e. The van der Waals surface area contributed by atoms with Crippen LogP contribution >= 0.6 is 0 Å². The van der Waals surface area contributed by atoms with Gasteiger partial charge in [-0.15, -0.1) is 0 Å². The maximum Gasteiger partial charge on any atom is 0.406 e. The Kier molecular flexibility index (Phi) is 5.38. The summed E-state index contributed by atoms with van der Waals surface area (Å²) in [5.74, 6) is -0.626. The van der Waals surface area contributed by atoms with E-state index in [0.717, 1.165) is 4.57 Å². The molecule has 0 radical (unpaired) electrons. The molecule has 0 N–H and O–H groups in total. The Bertz CT molecular complexity index is 856. The molecule has 140 valence electrons. The second-order valence-corrected chi connectivity index (χ2v) is 5.93. The second kappa shape index (κ2) is 7.19. The van der Waals surface area contributed by atoms with Crippen molar-refractivity contribution in [1.82, 2.24) is 4.57 Å². The molecule has 0 unspecified atom stereocenters. The number of halogens is 3. The number of ketones is 1. The molecule has 1 heterocycles. The second-order valence-electron chi connectivity index (χ2n) is 5.93.